The molecule has 1 unspecified atom stereocenters. The molecule has 0 aliphatic carbocycles. The van der Waals surface area contributed by atoms with Crippen LogP contribution in [0.25, 0.3) is 11.0 Å². The van der Waals surface area contributed by atoms with E-state index < -0.39 is 0 Å². The number of furan rings is 1. The van der Waals surface area contributed by atoms with Crippen LogP contribution in [-0.4, -0.2) is 9.55 Å². The van der Waals surface area contributed by atoms with E-state index in [4.69, 9.17) is 10.2 Å². The molecule has 2 aromatic heterocycles. The van der Waals surface area contributed by atoms with Gasteiger partial charge in [0.25, 0.3) is 0 Å². The quantitative estimate of drug-likeness (QED) is 0.779. The summed E-state index contributed by atoms with van der Waals surface area (Å²) in [5, 5.41) is 1.09. The van der Waals surface area contributed by atoms with Gasteiger partial charge in [0, 0.05) is 30.7 Å². The average Bonchev–Trinajstić information content (AvgIpc) is 3.03. The topological polar surface area (TPSA) is 57.0 Å². The van der Waals surface area contributed by atoms with Gasteiger partial charge in [-0.05, 0) is 19.1 Å². The molecular formula is C15H17N3O. The highest BCUT2D eigenvalue weighted by Gasteiger charge is 2.15. The molecule has 0 bridgehead atoms. The molecular weight excluding hydrogens is 238 g/mol. The van der Waals surface area contributed by atoms with Gasteiger partial charge >= 0.3 is 0 Å². The summed E-state index contributed by atoms with van der Waals surface area (Å²) < 4.78 is 7.89. The smallest absolute Gasteiger partial charge is 0.134 e. The Morgan fingerprint density at radius 1 is 1.37 bits per heavy atom. The summed E-state index contributed by atoms with van der Waals surface area (Å²) in [6.07, 6.45) is 4.46. The number of aryl methyl sites for hydroxylation is 1. The Balaban J connectivity index is 1.85. The van der Waals surface area contributed by atoms with Crippen molar-refractivity contribution in [3.63, 3.8) is 0 Å². The zero-order valence-electron chi connectivity index (χ0n) is 10.9. The van der Waals surface area contributed by atoms with Crippen molar-refractivity contribution in [3.05, 3.63) is 54.3 Å². The third kappa shape index (κ3) is 2.27. The van der Waals surface area contributed by atoms with Crippen LogP contribution in [0.4, 0.5) is 0 Å². The van der Waals surface area contributed by atoms with E-state index in [9.17, 15) is 0 Å². The Hall–Kier alpha value is -2.07. The fourth-order valence-electron chi connectivity index (χ4n) is 2.30. The largest absolute Gasteiger partial charge is 0.459 e. The SMILES string of the molecule is CCn1ccnc1CC(N)c1cc2ccccc2o1. The average molecular weight is 255 g/mol. The van der Waals surface area contributed by atoms with Crippen molar-refractivity contribution in [2.45, 2.75) is 25.9 Å². The van der Waals surface area contributed by atoms with Crippen molar-refractivity contribution in [1.29, 1.82) is 0 Å². The van der Waals surface area contributed by atoms with Gasteiger partial charge in [-0.3, -0.25) is 0 Å². The third-order valence-corrected chi connectivity index (χ3v) is 3.35. The first-order valence-electron chi connectivity index (χ1n) is 6.52. The van der Waals surface area contributed by atoms with E-state index in [1.165, 1.54) is 0 Å². The lowest BCUT2D eigenvalue weighted by molar-refractivity contribution is 0.483. The lowest BCUT2D eigenvalue weighted by atomic mass is 10.1. The number of benzene rings is 1. The maximum atomic E-state index is 6.23. The first kappa shape index (κ1) is 12.0. The third-order valence-electron chi connectivity index (χ3n) is 3.35. The summed E-state index contributed by atoms with van der Waals surface area (Å²) in [6, 6.07) is 9.79. The molecule has 0 aliphatic rings. The van der Waals surface area contributed by atoms with Crippen molar-refractivity contribution in [2.75, 3.05) is 0 Å². The Morgan fingerprint density at radius 3 is 3.00 bits per heavy atom. The molecule has 4 nitrogen and oxygen atoms in total. The summed E-state index contributed by atoms with van der Waals surface area (Å²) in [5.74, 6) is 1.81. The van der Waals surface area contributed by atoms with Crippen LogP contribution in [0.2, 0.25) is 0 Å². The summed E-state index contributed by atoms with van der Waals surface area (Å²) in [6.45, 7) is 3.00. The Morgan fingerprint density at radius 2 is 2.21 bits per heavy atom. The van der Waals surface area contributed by atoms with Crippen LogP contribution in [0.3, 0.4) is 0 Å². The highest BCUT2D eigenvalue weighted by Crippen LogP contribution is 2.24. The number of para-hydroxylation sites is 1. The minimum atomic E-state index is -0.167. The summed E-state index contributed by atoms with van der Waals surface area (Å²) in [7, 11) is 0. The van der Waals surface area contributed by atoms with E-state index >= 15 is 0 Å². The fraction of sp³-hybridized carbons (Fsp3) is 0.267. The van der Waals surface area contributed by atoms with Crippen LogP contribution < -0.4 is 5.73 Å². The van der Waals surface area contributed by atoms with Gasteiger partial charge in [-0.1, -0.05) is 18.2 Å². The zero-order chi connectivity index (χ0) is 13.2. The number of rotatable bonds is 4. The maximum absolute atomic E-state index is 6.23. The van der Waals surface area contributed by atoms with E-state index in [2.05, 4.69) is 16.5 Å². The van der Waals surface area contributed by atoms with Crippen molar-refractivity contribution in [3.8, 4) is 0 Å². The molecule has 1 aromatic carbocycles. The highest BCUT2D eigenvalue weighted by molar-refractivity contribution is 5.77. The molecule has 4 heteroatoms. The summed E-state index contributed by atoms with van der Waals surface area (Å²) >= 11 is 0. The fourth-order valence-corrected chi connectivity index (χ4v) is 2.30. The van der Waals surface area contributed by atoms with Gasteiger partial charge in [0.2, 0.25) is 0 Å². The van der Waals surface area contributed by atoms with Gasteiger partial charge in [-0.25, -0.2) is 4.98 Å². The van der Waals surface area contributed by atoms with Crippen molar-refractivity contribution in [2.24, 2.45) is 5.73 Å². The molecule has 0 saturated carbocycles. The van der Waals surface area contributed by atoms with Crippen molar-refractivity contribution >= 4 is 11.0 Å². The lowest BCUT2D eigenvalue weighted by Gasteiger charge is -2.09. The van der Waals surface area contributed by atoms with Crippen molar-refractivity contribution < 1.29 is 4.42 Å². The second-order valence-corrected chi connectivity index (χ2v) is 4.63. The van der Waals surface area contributed by atoms with Gasteiger partial charge in [0.15, 0.2) is 0 Å². The second-order valence-electron chi connectivity index (χ2n) is 4.63. The van der Waals surface area contributed by atoms with Gasteiger partial charge in [-0.15, -0.1) is 0 Å². The van der Waals surface area contributed by atoms with E-state index in [-0.39, 0.29) is 6.04 Å². The number of nitrogens with two attached hydrogens (primary N) is 1. The van der Waals surface area contributed by atoms with E-state index in [0.717, 1.165) is 29.1 Å². The number of nitrogens with zero attached hydrogens (tertiary/aromatic N) is 2. The molecule has 0 saturated heterocycles. The molecule has 2 heterocycles. The normalized spacial score (nSPS) is 12.9. The molecule has 3 aromatic rings. The van der Waals surface area contributed by atoms with Gasteiger partial charge < -0.3 is 14.7 Å². The standard InChI is InChI=1S/C15H17N3O/c1-2-18-8-7-17-15(18)10-12(16)14-9-11-5-3-4-6-13(11)19-14/h3-9,12H,2,10,16H2,1H3. The second kappa shape index (κ2) is 4.90. The van der Waals surface area contributed by atoms with E-state index in [1.807, 2.05) is 42.7 Å². The molecule has 3 rings (SSSR count). The van der Waals surface area contributed by atoms with Crippen LogP contribution in [0.15, 0.2) is 47.1 Å². The molecule has 0 spiro atoms. The van der Waals surface area contributed by atoms with E-state index in [1.54, 1.807) is 0 Å². The Bertz CT molecular complexity index is 650. The highest BCUT2D eigenvalue weighted by atomic mass is 16.3. The van der Waals surface area contributed by atoms with Crippen LogP contribution >= 0.6 is 0 Å². The number of hydrogen-bond acceptors (Lipinski definition) is 3. The van der Waals surface area contributed by atoms with Crippen LogP contribution in [0.1, 0.15) is 24.6 Å². The molecule has 1 atom stereocenters. The number of hydrogen-bond donors (Lipinski definition) is 1. The maximum Gasteiger partial charge on any atom is 0.134 e. The molecule has 0 radical (unpaired) electrons. The number of imidazole rings is 1. The minimum Gasteiger partial charge on any atom is -0.459 e. The zero-order valence-corrected chi connectivity index (χ0v) is 10.9. The van der Waals surface area contributed by atoms with Crippen LogP contribution in [0.5, 0.6) is 0 Å². The van der Waals surface area contributed by atoms with Crippen LogP contribution in [-0.2, 0) is 13.0 Å². The molecule has 0 aliphatic heterocycles. The summed E-state index contributed by atoms with van der Waals surface area (Å²) in [5.41, 5.74) is 7.11. The summed E-state index contributed by atoms with van der Waals surface area (Å²) in [4.78, 5) is 4.35. The predicted octanol–water partition coefficient (Wildman–Crippen LogP) is 2.89. The van der Waals surface area contributed by atoms with Crippen LogP contribution in [0, 0.1) is 0 Å². The minimum absolute atomic E-state index is 0.167. The molecule has 19 heavy (non-hydrogen) atoms. The van der Waals surface area contributed by atoms with E-state index in [0.29, 0.717) is 6.42 Å². The predicted molar refractivity (Wildman–Crippen MR) is 74.7 cm³/mol. The van der Waals surface area contributed by atoms with Gasteiger partial charge in [0.05, 0.1) is 6.04 Å². The molecule has 2 N–H and O–H groups in total. The molecule has 0 fully saturated rings. The van der Waals surface area contributed by atoms with Crippen molar-refractivity contribution in [1.82, 2.24) is 9.55 Å². The first-order chi connectivity index (χ1) is 9.28. The monoisotopic (exact) mass is 255 g/mol. The van der Waals surface area contributed by atoms with Gasteiger partial charge in [-0.2, -0.15) is 0 Å². The lowest BCUT2D eigenvalue weighted by Crippen LogP contribution is -2.15. The first-order valence-corrected chi connectivity index (χ1v) is 6.52. The number of aromatic nitrogens is 2. The molecule has 0 amide bonds. The number of fused-ring (bicyclic) bond motifs is 1. The Kier molecular flexibility index (Phi) is 3.09. The Labute approximate surface area is 111 Å². The molecule has 98 valence electrons. The van der Waals surface area contributed by atoms with Gasteiger partial charge in [0.1, 0.15) is 17.2 Å².